The Morgan fingerprint density at radius 1 is 1.25 bits per heavy atom. The molecule has 1 saturated heterocycles. The highest BCUT2D eigenvalue weighted by molar-refractivity contribution is 7.91. The highest BCUT2D eigenvalue weighted by Gasteiger charge is 2.35. The minimum atomic E-state index is -3.07. The Morgan fingerprint density at radius 3 is 2.50 bits per heavy atom. The molecule has 0 N–H and O–H groups in total. The maximum absolute atomic E-state index is 13.1. The Morgan fingerprint density at radius 2 is 1.96 bits per heavy atom. The first-order valence-corrected chi connectivity index (χ1v) is 9.80. The van der Waals surface area contributed by atoms with Crippen molar-refractivity contribution in [2.45, 2.75) is 32.9 Å². The van der Waals surface area contributed by atoms with Gasteiger partial charge in [-0.05, 0) is 31.9 Å². The summed E-state index contributed by atoms with van der Waals surface area (Å²) in [5.74, 6) is 1.24. The molecule has 1 aliphatic heterocycles. The monoisotopic (exact) mass is 347 g/mol. The predicted molar refractivity (Wildman–Crippen MR) is 91.6 cm³/mol. The molecule has 128 valence electrons. The summed E-state index contributed by atoms with van der Waals surface area (Å²) in [5.41, 5.74) is 1.49. The molecular weight excluding hydrogens is 326 g/mol. The normalized spacial score (nSPS) is 19.3. The molecule has 2 aromatic rings. The van der Waals surface area contributed by atoms with Crippen LogP contribution >= 0.6 is 0 Å². The molecule has 0 saturated carbocycles. The van der Waals surface area contributed by atoms with Crippen LogP contribution in [0.3, 0.4) is 0 Å². The smallest absolute Gasteiger partial charge is 0.257 e. The van der Waals surface area contributed by atoms with Crippen molar-refractivity contribution < 1.29 is 17.6 Å². The summed E-state index contributed by atoms with van der Waals surface area (Å²) < 4.78 is 29.2. The molecule has 5 nitrogen and oxygen atoms in total. The maximum atomic E-state index is 13.1. The van der Waals surface area contributed by atoms with Crippen molar-refractivity contribution in [2.24, 2.45) is 0 Å². The van der Waals surface area contributed by atoms with Gasteiger partial charge in [0.1, 0.15) is 11.5 Å². The molecule has 24 heavy (non-hydrogen) atoms. The second kappa shape index (κ2) is 6.43. The molecular formula is C18H21NO4S. The van der Waals surface area contributed by atoms with Gasteiger partial charge in [-0.15, -0.1) is 0 Å². The molecule has 1 aliphatic rings. The average molecular weight is 347 g/mol. The number of nitrogens with zero attached hydrogens (tertiary/aromatic N) is 1. The van der Waals surface area contributed by atoms with E-state index in [9.17, 15) is 13.2 Å². The zero-order chi connectivity index (χ0) is 17.3. The van der Waals surface area contributed by atoms with E-state index in [4.69, 9.17) is 4.42 Å². The standard InChI is InChI=1S/C18H21NO4S/c1-13-10-17(14(2)23-13)18(20)19(11-15-6-4-3-5-7-15)16-8-9-24(21,22)12-16/h3-7,10,16H,8-9,11-12H2,1-2H3. The van der Waals surface area contributed by atoms with Gasteiger partial charge >= 0.3 is 0 Å². The largest absolute Gasteiger partial charge is 0.466 e. The molecule has 0 radical (unpaired) electrons. The molecule has 1 unspecified atom stereocenters. The van der Waals surface area contributed by atoms with Gasteiger partial charge in [-0.2, -0.15) is 0 Å². The Bertz CT molecular complexity index is 839. The Balaban J connectivity index is 1.92. The topological polar surface area (TPSA) is 67.6 Å². The molecule has 6 heteroatoms. The molecule has 1 aromatic heterocycles. The van der Waals surface area contributed by atoms with E-state index in [0.717, 1.165) is 5.56 Å². The molecule has 0 aliphatic carbocycles. The minimum absolute atomic E-state index is 0.0292. The number of amides is 1. The van der Waals surface area contributed by atoms with E-state index in [1.54, 1.807) is 24.8 Å². The fourth-order valence-electron chi connectivity index (χ4n) is 3.17. The minimum Gasteiger partial charge on any atom is -0.466 e. The number of sulfone groups is 1. The first-order chi connectivity index (χ1) is 11.4. The Hall–Kier alpha value is -2.08. The summed E-state index contributed by atoms with van der Waals surface area (Å²) in [7, 11) is -3.07. The van der Waals surface area contributed by atoms with Crippen molar-refractivity contribution in [1.82, 2.24) is 4.90 Å². The summed E-state index contributed by atoms with van der Waals surface area (Å²) in [6, 6.07) is 11.1. The lowest BCUT2D eigenvalue weighted by Gasteiger charge is -2.28. The van der Waals surface area contributed by atoms with Crippen LogP contribution in [-0.2, 0) is 16.4 Å². The van der Waals surface area contributed by atoms with Crippen LogP contribution in [0, 0.1) is 13.8 Å². The third kappa shape index (κ3) is 3.53. The van der Waals surface area contributed by atoms with Crippen LogP contribution in [0.25, 0.3) is 0 Å². The van der Waals surface area contributed by atoms with Gasteiger partial charge in [0.05, 0.1) is 17.1 Å². The van der Waals surface area contributed by atoms with E-state index in [-0.39, 0.29) is 23.5 Å². The number of hydrogen-bond donors (Lipinski definition) is 0. The van der Waals surface area contributed by atoms with E-state index < -0.39 is 9.84 Å². The van der Waals surface area contributed by atoms with Gasteiger partial charge in [-0.3, -0.25) is 4.79 Å². The highest BCUT2D eigenvalue weighted by Crippen LogP contribution is 2.24. The van der Waals surface area contributed by atoms with Crippen LogP contribution in [-0.4, -0.2) is 36.8 Å². The highest BCUT2D eigenvalue weighted by atomic mass is 32.2. The molecule has 1 amide bonds. The van der Waals surface area contributed by atoms with E-state index in [1.165, 1.54) is 0 Å². The Kier molecular flexibility index (Phi) is 4.49. The lowest BCUT2D eigenvalue weighted by molar-refractivity contribution is 0.0679. The van der Waals surface area contributed by atoms with Crippen molar-refractivity contribution in [1.29, 1.82) is 0 Å². The lowest BCUT2D eigenvalue weighted by atomic mass is 10.1. The summed E-state index contributed by atoms with van der Waals surface area (Å²) in [6.45, 7) is 3.95. The van der Waals surface area contributed by atoms with Crippen molar-refractivity contribution in [3.8, 4) is 0 Å². The third-order valence-electron chi connectivity index (χ3n) is 4.38. The maximum Gasteiger partial charge on any atom is 0.257 e. The zero-order valence-electron chi connectivity index (χ0n) is 13.9. The lowest BCUT2D eigenvalue weighted by Crippen LogP contribution is -2.40. The molecule has 0 spiro atoms. The van der Waals surface area contributed by atoms with Gasteiger partial charge in [0, 0.05) is 12.6 Å². The van der Waals surface area contributed by atoms with Crippen molar-refractivity contribution in [3.63, 3.8) is 0 Å². The van der Waals surface area contributed by atoms with Crippen LogP contribution in [0.2, 0.25) is 0 Å². The van der Waals surface area contributed by atoms with Crippen LogP contribution in [0.1, 0.15) is 33.9 Å². The van der Waals surface area contributed by atoms with Crippen LogP contribution < -0.4 is 0 Å². The number of hydrogen-bond acceptors (Lipinski definition) is 4. The second-order valence-corrected chi connectivity index (χ2v) is 8.53. The number of carbonyl (C=O) groups is 1. The molecule has 1 atom stereocenters. The van der Waals surface area contributed by atoms with E-state index in [1.807, 2.05) is 30.3 Å². The van der Waals surface area contributed by atoms with Gasteiger partial charge in [0.15, 0.2) is 9.84 Å². The van der Waals surface area contributed by atoms with Gasteiger partial charge in [0.2, 0.25) is 0 Å². The third-order valence-corrected chi connectivity index (χ3v) is 6.13. The SMILES string of the molecule is Cc1cc(C(=O)N(Cc2ccccc2)C2CCS(=O)(=O)C2)c(C)o1. The summed E-state index contributed by atoms with van der Waals surface area (Å²) in [6.07, 6.45) is 0.483. The van der Waals surface area contributed by atoms with Crippen LogP contribution in [0.15, 0.2) is 40.8 Å². The first kappa shape index (κ1) is 16.8. The Labute approximate surface area is 142 Å². The average Bonchev–Trinajstić information content (AvgIpc) is 3.06. The first-order valence-electron chi connectivity index (χ1n) is 7.98. The molecule has 1 fully saturated rings. The summed E-state index contributed by atoms with van der Waals surface area (Å²) >= 11 is 0. The van der Waals surface area contributed by atoms with Crippen molar-refractivity contribution in [3.05, 3.63) is 59.0 Å². The summed E-state index contributed by atoms with van der Waals surface area (Å²) in [4.78, 5) is 14.7. The quantitative estimate of drug-likeness (QED) is 0.853. The van der Waals surface area contributed by atoms with Crippen LogP contribution in [0.4, 0.5) is 0 Å². The fourth-order valence-corrected chi connectivity index (χ4v) is 4.90. The molecule has 2 heterocycles. The van der Waals surface area contributed by atoms with Gasteiger partial charge < -0.3 is 9.32 Å². The number of benzene rings is 1. The van der Waals surface area contributed by atoms with Gasteiger partial charge in [0.25, 0.3) is 5.91 Å². The number of rotatable bonds is 4. The molecule has 0 bridgehead atoms. The van der Waals surface area contributed by atoms with Crippen molar-refractivity contribution >= 4 is 15.7 Å². The molecule has 3 rings (SSSR count). The van der Waals surface area contributed by atoms with Crippen LogP contribution in [0.5, 0.6) is 0 Å². The van der Waals surface area contributed by atoms with E-state index in [0.29, 0.717) is 30.0 Å². The number of aryl methyl sites for hydroxylation is 2. The second-order valence-electron chi connectivity index (χ2n) is 6.30. The summed E-state index contributed by atoms with van der Waals surface area (Å²) in [5, 5.41) is 0. The molecule has 1 aromatic carbocycles. The number of carbonyl (C=O) groups excluding carboxylic acids is 1. The van der Waals surface area contributed by atoms with Gasteiger partial charge in [-0.1, -0.05) is 30.3 Å². The zero-order valence-corrected chi connectivity index (χ0v) is 14.7. The van der Waals surface area contributed by atoms with E-state index >= 15 is 0 Å². The number of furan rings is 1. The fraction of sp³-hybridized carbons (Fsp3) is 0.389. The predicted octanol–water partition coefficient (Wildman–Crippen LogP) is 2.73. The van der Waals surface area contributed by atoms with Crippen molar-refractivity contribution in [2.75, 3.05) is 11.5 Å². The van der Waals surface area contributed by atoms with Gasteiger partial charge in [-0.25, -0.2) is 8.42 Å². The van der Waals surface area contributed by atoms with E-state index in [2.05, 4.69) is 0 Å².